The van der Waals surface area contributed by atoms with Crippen LogP contribution in [0.15, 0.2) is 108 Å². The number of fused-ring (bicyclic) bond motifs is 3. The van der Waals surface area contributed by atoms with E-state index < -0.39 is 11.8 Å². The molecule has 238 valence electrons. The first kappa shape index (κ1) is 31.7. The molecule has 0 saturated heterocycles. The number of aryl methyl sites for hydroxylation is 1. The van der Waals surface area contributed by atoms with E-state index in [-0.39, 0.29) is 11.6 Å². The van der Waals surface area contributed by atoms with E-state index in [1.54, 1.807) is 67.8 Å². The van der Waals surface area contributed by atoms with Gasteiger partial charge in [-0.15, -0.1) is 11.8 Å². The van der Waals surface area contributed by atoms with Gasteiger partial charge in [0.15, 0.2) is 11.5 Å². The molecule has 0 fully saturated rings. The van der Waals surface area contributed by atoms with E-state index in [1.807, 2.05) is 41.0 Å². The fourth-order valence-corrected chi connectivity index (χ4v) is 6.62. The maximum absolute atomic E-state index is 13.5. The molecule has 5 aromatic rings. The summed E-state index contributed by atoms with van der Waals surface area (Å²) in [5.74, 6) is 0.479. The van der Waals surface area contributed by atoms with Gasteiger partial charge in [0.1, 0.15) is 5.70 Å². The largest absolute Gasteiger partial charge is 0.493 e. The van der Waals surface area contributed by atoms with Crippen molar-refractivity contribution in [2.24, 2.45) is 0 Å². The van der Waals surface area contributed by atoms with E-state index in [0.717, 1.165) is 41.8 Å². The van der Waals surface area contributed by atoms with Gasteiger partial charge in [0, 0.05) is 27.2 Å². The van der Waals surface area contributed by atoms with Crippen LogP contribution in [0, 0.1) is 0 Å². The Morgan fingerprint density at radius 3 is 2.32 bits per heavy atom. The van der Waals surface area contributed by atoms with Crippen LogP contribution in [0.1, 0.15) is 44.8 Å². The molecule has 1 aliphatic carbocycles. The van der Waals surface area contributed by atoms with Crippen LogP contribution in [0.25, 0.3) is 17.0 Å². The molecule has 2 amide bonds. The lowest BCUT2D eigenvalue weighted by molar-refractivity contribution is -0.113. The summed E-state index contributed by atoms with van der Waals surface area (Å²) in [4.78, 5) is 40.9. The lowest BCUT2D eigenvalue weighted by Gasteiger charge is -2.15. The summed E-state index contributed by atoms with van der Waals surface area (Å²) < 4.78 is 12.7. The highest BCUT2D eigenvalue weighted by molar-refractivity contribution is 8.00. The van der Waals surface area contributed by atoms with Crippen LogP contribution in [-0.4, -0.2) is 42.3 Å². The summed E-state index contributed by atoms with van der Waals surface area (Å²) >= 11 is 1.46. The monoisotopic (exact) mass is 645 g/mol. The smallest absolute Gasteiger partial charge is 0.272 e. The highest BCUT2D eigenvalue weighted by Gasteiger charge is 2.23. The third kappa shape index (κ3) is 7.10. The van der Waals surface area contributed by atoms with Crippen LogP contribution in [0.2, 0.25) is 0 Å². The van der Waals surface area contributed by atoms with Crippen molar-refractivity contribution >= 4 is 52.1 Å². The molecule has 47 heavy (non-hydrogen) atoms. The predicted molar refractivity (Wildman–Crippen MR) is 186 cm³/mol. The summed E-state index contributed by atoms with van der Waals surface area (Å²) in [5, 5.41) is 6.82. The summed E-state index contributed by atoms with van der Waals surface area (Å²) in [6.45, 7) is 0. The highest BCUT2D eigenvalue weighted by Crippen LogP contribution is 2.33. The molecule has 1 aromatic heterocycles. The molecule has 0 aliphatic heterocycles. The highest BCUT2D eigenvalue weighted by atomic mass is 32.2. The molecule has 1 aliphatic rings. The van der Waals surface area contributed by atoms with Crippen LogP contribution < -0.4 is 20.1 Å². The first-order valence-electron chi connectivity index (χ1n) is 15.4. The van der Waals surface area contributed by atoms with Gasteiger partial charge in [-0.3, -0.25) is 19.0 Å². The number of carbonyl (C=O) groups excluding carboxylic acids is 3. The zero-order chi connectivity index (χ0) is 32.8. The van der Waals surface area contributed by atoms with E-state index >= 15 is 0 Å². The Kier molecular flexibility index (Phi) is 9.73. The van der Waals surface area contributed by atoms with Gasteiger partial charge >= 0.3 is 0 Å². The number of methoxy groups -OCH3 is 2. The minimum absolute atomic E-state index is 0.0532. The van der Waals surface area contributed by atoms with Crippen LogP contribution >= 0.6 is 11.8 Å². The second-order valence-corrected chi connectivity index (χ2v) is 12.2. The molecule has 0 saturated carbocycles. The van der Waals surface area contributed by atoms with Crippen molar-refractivity contribution in [3.63, 3.8) is 0 Å². The van der Waals surface area contributed by atoms with Gasteiger partial charge in [0.05, 0.1) is 25.5 Å². The van der Waals surface area contributed by atoms with Gasteiger partial charge in [-0.05, 0) is 97.5 Å². The first-order chi connectivity index (χ1) is 22.9. The number of hydrogen-bond donors (Lipinski definition) is 2. The van der Waals surface area contributed by atoms with E-state index in [2.05, 4.69) is 16.7 Å². The fraction of sp³-hybridized carbons (Fsp3) is 0.184. The molecule has 0 atom stereocenters. The zero-order valence-corrected chi connectivity index (χ0v) is 27.1. The number of anilines is 1. The van der Waals surface area contributed by atoms with E-state index in [4.69, 9.17) is 9.47 Å². The number of ether oxygens (including phenoxy) is 2. The number of nitrogens with zero attached hydrogens (tertiary/aromatic N) is 1. The normalized spacial score (nSPS) is 12.7. The predicted octanol–water partition coefficient (Wildman–Crippen LogP) is 7.38. The maximum atomic E-state index is 13.5. The lowest BCUT2D eigenvalue weighted by Crippen LogP contribution is -2.30. The standard InChI is InChI=1S/C38H35N3O5S/c1-45-34-21-16-25(23-35(34)46-2)22-31(40-37(43)26-10-4-3-5-11-26)38(44)39-27-17-19-28(20-18-27)47-24-36(42)41-32-14-8-6-12-29(32)30-13-7-9-15-33(30)41/h3-6,8,10-12,14,16-23H,7,9,13,15,24H2,1-2H3,(H,39,44)(H,40,43)/b31-22-. The van der Waals surface area contributed by atoms with E-state index in [1.165, 1.54) is 29.8 Å². The Morgan fingerprint density at radius 1 is 0.830 bits per heavy atom. The topological polar surface area (TPSA) is 98.7 Å². The zero-order valence-electron chi connectivity index (χ0n) is 26.2. The second-order valence-electron chi connectivity index (χ2n) is 11.1. The van der Waals surface area contributed by atoms with Crippen molar-refractivity contribution in [3.8, 4) is 11.5 Å². The van der Waals surface area contributed by atoms with Gasteiger partial charge in [-0.2, -0.15) is 0 Å². The number of hydrogen-bond acceptors (Lipinski definition) is 6. The number of thioether (sulfide) groups is 1. The second kappa shape index (κ2) is 14.4. The molecular weight excluding hydrogens is 611 g/mol. The average Bonchev–Trinajstić information content (AvgIpc) is 3.45. The quantitative estimate of drug-likeness (QED) is 0.122. The molecular formula is C38H35N3O5S. The third-order valence-corrected chi connectivity index (χ3v) is 9.15. The Balaban J connectivity index is 1.16. The van der Waals surface area contributed by atoms with Crippen LogP contribution in [-0.2, 0) is 17.6 Å². The molecule has 0 spiro atoms. The Labute approximate surface area is 277 Å². The summed E-state index contributed by atoms with van der Waals surface area (Å²) in [7, 11) is 3.08. The van der Waals surface area contributed by atoms with Crippen LogP contribution in [0.3, 0.4) is 0 Å². The number of aromatic nitrogens is 1. The van der Waals surface area contributed by atoms with Crippen molar-refractivity contribution in [2.45, 2.75) is 30.6 Å². The molecule has 0 radical (unpaired) electrons. The van der Waals surface area contributed by atoms with Crippen molar-refractivity contribution < 1.29 is 23.9 Å². The first-order valence-corrected chi connectivity index (χ1v) is 16.4. The molecule has 0 unspecified atom stereocenters. The molecule has 8 nitrogen and oxygen atoms in total. The summed E-state index contributed by atoms with van der Waals surface area (Å²) in [5.41, 5.74) is 5.10. The van der Waals surface area contributed by atoms with Gasteiger partial charge in [0.25, 0.3) is 11.8 Å². The molecule has 6 rings (SSSR count). The number of nitrogens with one attached hydrogen (secondary N) is 2. The van der Waals surface area contributed by atoms with Gasteiger partial charge in [0.2, 0.25) is 5.91 Å². The molecule has 9 heteroatoms. The van der Waals surface area contributed by atoms with Gasteiger partial charge in [-0.25, -0.2) is 0 Å². The molecule has 0 bridgehead atoms. The van der Waals surface area contributed by atoms with Crippen LogP contribution in [0.5, 0.6) is 11.5 Å². The van der Waals surface area contributed by atoms with Crippen LogP contribution in [0.4, 0.5) is 5.69 Å². The number of amides is 2. The average molecular weight is 646 g/mol. The molecule has 4 aromatic carbocycles. The maximum Gasteiger partial charge on any atom is 0.272 e. The summed E-state index contributed by atoms with van der Waals surface area (Å²) in [6, 6.07) is 29.4. The Bertz CT molecular complexity index is 1970. The summed E-state index contributed by atoms with van der Waals surface area (Å²) in [6.07, 6.45) is 5.76. The van der Waals surface area contributed by atoms with Crippen molar-refractivity contribution in [2.75, 3.05) is 25.3 Å². The van der Waals surface area contributed by atoms with Crippen molar-refractivity contribution in [1.29, 1.82) is 0 Å². The minimum atomic E-state index is -0.496. The minimum Gasteiger partial charge on any atom is -0.493 e. The lowest BCUT2D eigenvalue weighted by atomic mass is 9.96. The van der Waals surface area contributed by atoms with E-state index in [0.29, 0.717) is 34.1 Å². The van der Waals surface area contributed by atoms with Crippen molar-refractivity contribution in [3.05, 3.63) is 125 Å². The fourth-order valence-electron chi connectivity index (χ4n) is 5.87. The number of rotatable bonds is 10. The third-order valence-electron chi connectivity index (χ3n) is 8.15. The van der Waals surface area contributed by atoms with Gasteiger partial charge in [-0.1, -0.05) is 42.5 Å². The number of para-hydroxylation sites is 1. The Hall–Kier alpha value is -5.28. The SMILES string of the molecule is COc1ccc(/C=C(\NC(=O)c2ccccc2)C(=O)Nc2ccc(SCC(=O)n3c4c(c5ccccc53)CCCC4)cc2)cc1OC. The number of benzene rings is 4. The number of carbonyl (C=O) groups is 3. The van der Waals surface area contributed by atoms with E-state index in [9.17, 15) is 14.4 Å². The Morgan fingerprint density at radius 2 is 1.55 bits per heavy atom. The van der Waals surface area contributed by atoms with Crippen molar-refractivity contribution in [1.82, 2.24) is 9.88 Å². The molecule has 2 N–H and O–H groups in total. The van der Waals surface area contributed by atoms with Gasteiger partial charge < -0.3 is 20.1 Å². The molecule has 1 heterocycles.